The fourth-order valence-corrected chi connectivity index (χ4v) is 6.87. The molecule has 44 heavy (non-hydrogen) atoms. The predicted octanol–water partition coefficient (Wildman–Crippen LogP) is 2.92. The van der Waals surface area contributed by atoms with Gasteiger partial charge in [-0.05, 0) is 75.1 Å². The number of aromatic nitrogens is 3. The number of amides is 1. The van der Waals surface area contributed by atoms with Crippen LogP contribution in [-0.4, -0.2) is 74.2 Å². The Balaban J connectivity index is 1.31. The number of fused-ring (bicyclic) bond motifs is 2. The van der Waals surface area contributed by atoms with Crippen LogP contribution in [0.15, 0.2) is 24.4 Å². The number of halogens is 3. The first-order valence-corrected chi connectivity index (χ1v) is 16.3. The standard InChI is InChI=1S/C28H34F3N7O5S/c1-14(15-3-4-15)37-13-17-11-16(12-20(21(17)26(37)40)36-44(2,42)43)19-7-10-38-24(34-19)22(23(32)35-38)25(39)33-18-5-8-27(41,9-6-18)28(29,30)31/h7,10-12,14-15,18,25,33,36,39,41H,3-6,8-9,13H2,1-2H3,(H2,32,35)/t14-,18-,25?,27+/m0/s1. The van der Waals surface area contributed by atoms with Gasteiger partial charge in [-0.15, -0.1) is 5.10 Å². The van der Waals surface area contributed by atoms with Crippen molar-refractivity contribution in [1.29, 1.82) is 0 Å². The zero-order valence-corrected chi connectivity index (χ0v) is 24.9. The van der Waals surface area contributed by atoms with Gasteiger partial charge in [0.1, 0.15) is 6.23 Å². The molecule has 16 heteroatoms. The van der Waals surface area contributed by atoms with Gasteiger partial charge in [0.05, 0.1) is 28.8 Å². The molecule has 0 spiro atoms. The molecule has 3 aliphatic rings. The van der Waals surface area contributed by atoms with Crippen LogP contribution in [0.4, 0.5) is 24.7 Å². The first kappa shape index (κ1) is 30.6. The third-order valence-electron chi connectivity index (χ3n) is 8.98. The highest BCUT2D eigenvalue weighted by molar-refractivity contribution is 7.92. The van der Waals surface area contributed by atoms with E-state index >= 15 is 0 Å². The van der Waals surface area contributed by atoms with Gasteiger partial charge in [0.15, 0.2) is 17.1 Å². The van der Waals surface area contributed by atoms with Crippen molar-refractivity contribution < 1.29 is 36.6 Å². The predicted molar refractivity (Wildman–Crippen MR) is 155 cm³/mol. The summed E-state index contributed by atoms with van der Waals surface area (Å²) >= 11 is 0. The van der Waals surface area contributed by atoms with E-state index in [-0.39, 0.29) is 47.5 Å². The van der Waals surface area contributed by atoms with Gasteiger partial charge in [0.2, 0.25) is 10.0 Å². The van der Waals surface area contributed by atoms with Crippen LogP contribution < -0.4 is 15.8 Å². The number of nitrogens with zero attached hydrogens (tertiary/aromatic N) is 4. The number of carbonyl (C=O) groups is 1. The van der Waals surface area contributed by atoms with Crippen molar-refractivity contribution in [3.05, 3.63) is 41.1 Å². The highest BCUT2D eigenvalue weighted by atomic mass is 32.2. The summed E-state index contributed by atoms with van der Waals surface area (Å²) in [5.41, 5.74) is 5.66. The summed E-state index contributed by atoms with van der Waals surface area (Å²) in [5, 5.41) is 28.1. The number of rotatable bonds is 8. The average Bonchev–Trinajstić information content (AvgIpc) is 3.65. The lowest BCUT2D eigenvalue weighted by Gasteiger charge is -2.38. The third-order valence-corrected chi connectivity index (χ3v) is 9.57. The number of anilines is 2. The number of benzene rings is 1. The van der Waals surface area contributed by atoms with Gasteiger partial charge in [0, 0.05) is 30.4 Å². The number of nitrogen functional groups attached to an aromatic ring is 1. The fraction of sp³-hybridized carbons (Fsp3) is 0.536. The molecule has 0 radical (unpaired) electrons. The van der Waals surface area contributed by atoms with Crippen molar-refractivity contribution in [2.24, 2.45) is 5.92 Å². The lowest BCUT2D eigenvalue weighted by atomic mass is 9.81. The summed E-state index contributed by atoms with van der Waals surface area (Å²) in [6, 6.07) is 4.45. The van der Waals surface area contributed by atoms with Crippen LogP contribution in [-0.2, 0) is 16.6 Å². The van der Waals surface area contributed by atoms with E-state index in [1.807, 2.05) is 6.92 Å². The van der Waals surface area contributed by atoms with Gasteiger partial charge in [-0.2, -0.15) is 13.2 Å². The molecule has 2 fully saturated rings. The summed E-state index contributed by atoms with van der Waals surface area (Å²) in [6.45, 7) is 2.31. The molecule has 2 atom stereocenters. The van der Waals surface area contributed by atoms with Crippen LogP contribution in [0.5, 0.6) is 0 Å². The van der Waals surface area contributed by atoms with Gasteiger partial charge in [-0.3, -0.25) is 14.8 Å². The smallest absolute Gasteiger partial charge is 0.382 e. The maximum Gasteiger partial charge on any atom is 0.417 e. The Morgan fingerprint density at radius 1 is 1.18 bits per heavy atom. The van der Waals surface area contributed by atoms with Crippen LogP contribution in [0.2, 0.25) is 0 Å². The van der Waals surface area contributed by atoms with E-state index in [0.29, 0.717) is 34.8 Å². The quantitative estimate of drug-likeness (QED) is 0.233. The second-order valence-electron chi connectivity index (χ2n) is 12.2. The lowest BCUT2D eigenvalue weighted by molar-refractivity contribution is -0.271. The molecule has 6 rings (SSSR count). The SMILES string of the molecule is C[C@@H](C1CC1)N1Cc2cc(-c3ccn4nc(N)c(C(O)N[C@H]5CC[C@](O)(C(F)(F)F)CC5)c4n3)cc(NS(C)(=O)=O)c2C1=O. The fourth-order valence-electron chi connectivity index (χ4n) is 6.31. The van der Waals surface area contributed by atoms with Crippen molar-refractivity contribution in [2.45, 2.75) is 82.1 Å². The summed E-state index contributed by atoms with van der Waals surface area (Å²) in [6.07, 6.45) is -2.56. The molecule has 238 valence electrons. The van der Waals surface area contributed by atoms with Crippen LogP contribution in [0.3, 0.4) is 0 Å². The molecule has 1 amide bonds. The van der Waals surface area contributed by atoms with Crippen molar-refractivity contribution >= 4 is 33.1 Å². The largest absolute Gasteiger partial charge is 0.417 e. The first-order chi connectivity index (χ1) is 20.5. The maximum absolute atomic E-state index is 13.4. The Labute approximate surface area is 251 Å². The molecule has 0 bridgehead atoms. The summed E-state index contributed by atoms with van der Waals surface area (Å²) in [5.74, 6) is 0.135. The van der Waals surface area contributed by atoms with Gasteiger partial charge in [0.25, 0.3) is 5.91 Å². The molecule has 6 N–H and O–H groups in total. The Bertz CT molecular complexity index is 1730. The van der Waals surface area contributed by atoms with Crippen LogP contribution in [0, 0.1) is 5.92 Å². The van der Waals surface area contributed by atoms with E-state index in [2.05, 4.69) is 20.1 Å². The van der Waals surface area contributed by atoms with Crippen LogP contribution in [0.1, 0.15) is 73.2 Å². The molecule has 1 aliphatic heterocycles. The second-order valence-corrected chi connectivity index (χ2v) is 13.9. The molecule has 2 aromatic heterocycles. The highest BCUT2D eigenvalue weighted by Crippen LogP contribution is 2.43. The lowest BCUT2D eigenvalue weighted by Crippen LogP contribution is -2.51. The monoisotopic (exact) mass is 637 g/mol. The molecule has 2 saturated carbocycles. The molecule has 3 heterocycles. The van der Waals surface area contributed by atoms with Crippen molar-refractivity contribution in [3.8, 4) is 11.3 Å². The third kappa shape index (κ3) is 5.59. The van der Waals surface area contributed by atoms with Crippen molar-refractivity contribution in [1.82, 2.24) is 24.8 Å². The average molecular weight is 638 g/mol. The van der Waals surface area contributed by atoms with Gasteiger partial charge < -0.3 is 20.8 Å². The molecular formula is C28H34F3N7O5S. The van der Waals surface area contributed by atoms with Crippen molar-refractivity contribution in [2.75, 3.05) is 16.7 Å². The zero-order chi connectivity index (χ0) is 31.8. The number of nitrogens with two attached hydrogens (primary N) is 1. The topological polar surface area (TPSA) is 175 Å². The van der Waals surface area contributed by atoms with Gasteiger partial charge in [-0.1, -0.05) is 0 Å². The molecule has 2 aliphatic carbocycles. The van der Waals surface area contributed by atoms with E-state index in [1.165, 1.54) is 4.52 Å². The van der Waals surface area contributed by atoms with Gasteiger partial charge in [-0.25, -0.2) is 17.9 Å². The van der Waals surface area contributed by atoms with Gasteiger partial charge >= 0.3 is 6.18 Å². The number of sulfonamides is 1. The summed E-state index contributed by atoms with van der Waals surface area (Å²) in [4.78, 5) is 19.8. The second kappa shape index (κ2) is 10.6. The van der Waals surface area contributed by atoms with E-state index in [9.17, 15) is 36.6 Å². The maximum atomic E-state index is 13.4. The van der Waals surface area contributed by atoms with E-state index < -0.39 is 46.9 Å². The zero-order valence-electron chi connectivity index (χ0n) is 24.1. The molecule has 1 aromatic carbocycles. The van der Waals surface area contributed by atoms with E-state index in [0.717, 1.165) is 19.1 Å². The Hall–Kier alpha value is -3.47. The molecule has 0 saturated heterocycles. The summed E-state index contributed by atoms with van der Waals surface area (Å²) < 4.78 is 68.0. The van der Waals surface area contributed by atoms with E-state index in [4.69, 9.17) is 5.73 Å². The number of nitrogens with one attached hydrogen (secondary N) is 2. The number of aliphatic hydroxyl groups excluding tert-OH is 1. The minimum Gasteiger partial charge on any atom is -0.382 e. The molecule has 1 unspecified atom stereocenters. The number of alkyl halides is 3. The number of carbonyl (C=O) groups excluding carboxylic acids is 1. The Kier molecular flexibility index (Phi) is 7.34. The Morgan fingerprint density at radius 3 is 2.48 bits per heavy atom. The highest BCUT2D eigenvalue weighted by Gasteiger charge is 2.54. The number of hydrogen-bond acceptors (Lipinski definition) is 9. The molecular weight excluding hydrogens is 603 g/mol. The van der Waals surface area contributed by atoms with Crippen LogP contribution in [0.25, 0.3) is 16.9 Å². The minimum atomic E-state index is -4.74. The summed E-state index contributed by atoms with van der Waals surface area (Å²) in [7, 11) is -3.73. The first-order valence-electron chi connectivity index (χ1n) is 14.4. The van der Waals surface area contributed by atoms with Crippen molar-refractivity contribution in [3.63, 3.8) is 0 Å². The molecule has 12 nitrogen and oxygen atoms in total. The normalized spacial score (nSPS) is 24.0. The number of aliphatic hydroxyl groups is 2. The Morgan fingerprint density at radius 2 is 1.86 bits per heavy atom. The number of hydrogen-bond donors (Lipinski definition) is 5. The van der Waals surface area contributed by atoms with Crippen LogP contribution >= 0.6 is 0 Å². The molecule has 3 aromatic rings. The minimum absolute atomic E-state index is 0.0108. The van der Waals surface area contributed by atoms with E-state index in [1.54, 1.807) is 29.3 Å².